The van der Waals surface area contributed by atoms with Gasteiger partial charge in [0, 0.05) is 23.6 Å². The Morgan fingerprint density at radius 3 is 2.54 bits per heavy atom. The minimum Gasteiger partial charge on any atom is -0.496 e. The van der Waals surface area contributed by atoms with Crippen LogP contribution in [-0.4, -0.2) is 36.4 Å². The number of methoxy groups -OCH3 is 1. The molecule has 2 heterocycles. The van der Waals surface area contributed by atoms with Gasteiger partial charge in [0.05, 0.1) is 30.2 Å². The van der Waals surface area contributed by atoms with Gasteiger partial charge in [0.15, 0.2) is 5.75 Å². The summed E-state index contributed by atoms with van der Waals surface area (Å²) in [4.78, 5) is 16.0. The molecule has 0 bridgehead atoms. The van der Waals surface area contributed by atoms with E-state index in [2.05, 4.69) is 10.3 Å². The van der Waals surface area contributed by atoms with Crippen molar-refractivity contribution in [3.05, 3.63) is 70.7 Å². The summed E-state index contributed by atoms with van der Waals surface area (Å²) in [6.45, 7) is -0.158. The van der Waals surface area contributed by atoms with Crippen LogP contribution < -0.4 is 30.0 Å². The van der Waals surface area contributed by atoms with Crippen molar-refractivity contribution in [2.24, 2.45) is 0 Å². The number of nitrogens with two attached hydrogens (primary N) is 1. The highest BCUT2D eigenvalue weighted by Crippen LogP contribution is 2.38. The molecule has 39 heavy (non-hydrogen) atoms. The molecule has 1 amide bonds. The number of aromatic nitrogens is 1. The summed E-state index contributed by atoms with van der Waals surface area (Å²) in [6, 6.07) is 10.4. The molecule has 0 radical (unpaired) electrons. The predicted molar refractivity (Wildman–Crippen MR) is 138 cm³/mol. The van der Waals surface area contributed by atoms with Crippen LogP contribution in [0.4, 0.5) is 23.8 Å². The first kappa shape index (κ1) is 27.8. The minimum absolute atomic E-state index is 0.0470. The molecule has 0 aliphatic rings. The second kappa shape index (κ2) is 12.1. The first-order valence-electron chi connectivity index (χ1n) is 11.5. The van der Waals surface area contributed by atoms with Crippen molar-refractivity contribution >= 4 is 33.3 Å². The van der Waals surface area contributed by atoms with Crippen molar-refractivity contribution in [3.63, 3.8) is 0 Å². The fourth-order valence-electron chi connectivity index (χ4n) is 3.63. The number of anilines is 1. The molecule has 0 aliphatic heterocycles. The molecule has 0 aliphatic carbocycles. The number of ether oxygens (including phenoxy) is 4. The third-order valence-electron chi connectivity index (χ3n) is 5.43. The van der Waals surface area contributed by atoms with Crippen LogP contribution in [0.5, 0.6) is 23.0 Å². The third-order valence-corrected chi connectivity index (χ3v) is 6.47. The Labute approximate surface area is 224 Å². The fourth-order valence-corrected chi connectivity index (χ4v) is 4.64. The SMILES string of the molecule is COc1ccc(COc2cccc(OCc3csc4c(OC(=O)NCCO)cnc(N)c34)c2)cc1C(F)(F)F. The van der Waals surface area contributed by atoms with Gasteiger partial charge < -0.3 is 35.1 Å². The van der Waals surface area contributed by atoms with E-state index in [9.17, 15) is 18.0 Å². The molecule has 2 aromatic carbocycles. The molecular formula is C26H24F3N3O6S. The molecule has 2 aromatic heterocycles. The van der Waals surface area contributed by atoms with Gasteiger partial charge in [-0.2, -0.15) is 13.2 Å². The number of fused-ring (bicyclic) bond motifs is 1. The molecule has 0 saturated carbocycles. The Bertz CT molecular complexity index is 1460. The summed E-state index contributed by atoms with van der Waals surface area (Å²) < 4.78 is 62.2. The highest BCUT2D eigenvalue weighted by molar-refractivity contribution is 7.17. The van der Waals surface area contributed by atoms with Gasteiger partial charge in [-0.3, -0.25) is 0 Å². The third kappa shape index (κ3) is 6.81. The van der Waals surface area contributed by atoms with Crippen LogP contribution in [0, 0.1) is 0 Å². The van der Waals surface area contributed by atoms with Crippen LogP contribution in [0.3, 0.4) is 0 Å². The molecule has 9 nitrogen and oxygen atoms in total. The Morgan fingerprint density at radius 2 is 1.85 bits per heavy atom. The molecular weight excluding hydrogens is 539 g/mol. The van der Waals surface area contributed by atoms with Gasteiger partial charge in [-0.1, -0.05) is 12.1 Å². The van der Waals surface area contributed by atoms with Crippen molar-refractivity contribution in [1.29, 1.82) is 0 Å². The largest absolute Gasteiger partial charge is 0.496 e. The number of aliphatic hydroxyl groups is 1. The number of carbonyl (C=O) groups excluding carboxylic acids is 1. The zero-order chi connectivity index (χ0) is 28.0. The number of pyridine rings is 1. The lowest BCUT2D eigenvalue weighted by atomic mass is 10.1. The van der Waals surface area contributed by atoms with E-state index in [0.29, 0.717) is 32.7 Å². The highest BCUT2D eigenvalue weighted by Gasteiger charge is 2.34. The quantitative estimate of drug-likeness (QED) is 0.242. The van der Waals surface area contributed by atoms with Gasteiger partial charge in [0.1, 0.15) is 36.3 Å². The maximum Gasteiger partial charge on any atom is 0.419 e. The molecule has 0 atom stereocenters. The zero-order valence-electron chi connectivity index (χ0n) is 20.6. The summed E-state index contributed by atoms with van der Waals surface area (Å²) in [5, 5.41) is 13.6. The first-order chi connectivity index (χ1) is 18.7. The second-order valence-corrected chi connectivity index (χ2v) is 8.98. The number of nitrogen functional groups attached to an aromatic ring is 1. The molecule has 4 aromatic rings. The van der Waals surface area contributed by atoms with Crippen LogP contribution in [0.25, 0.3) is 10.1 Å². The number of carbonyl (C=O) groups is 1. The molecule has 4 rings (SSSR count). The Balaban J connectivity index is 1.43. The summed E-state index contributed by atoms with van der Waals surface area (Å²) in [7, 11) is 1.18. The van der Waals surface area contributed by atoms with Gasteiger partial charge in [0.2, 0.25) is 0 Å². The number of thiophene rings is 1. The zero-order valence-corrected chi connectivity index (χ0v) is 21.4. The van der Waals surface area contributed by atoms with Crippen LogP contribution in [0.1, 0.15) is 16.7 Å². The maximum atomic E-state index is 13.3. The minimum atomic E-state index is -4.56. The van der Waals surface area contributed by atoms with Gasteiger partial charge in [-0.15, -0.1) is 11.3 Å². The van der Waals surface area contributed by atoms with E-state index in [1.54, 1.807) is 24.3 Å². The molecule has 4 N–H and O–H groups in total. The van der Waals surface area contributed by atoms with Gasteiger partial charge >= 0.3 is 12.3 Å². The average molecular weight is 564 g/mol. The molecule has 13 heteroatoms. The van der Waals surface area contributed by atoms with Crippen molar-refractivity contribution < 1.29 is 42.0 Å². The van der Waals surface area contributed by atoms with E-state index < -0.39 is 17.8 Å². The number of halogens is 3. The van der Waals surface area contributed by atoms with Crippen LogP contribution in [0.15, 0.2) is 54.0 Å². The van der Waals surface area contributed by atoms with Crippen LogP contribution in [0.2, 0.25) is 0 Å². The van der Waals surface area contributed by atoms with Crippen molar-refractivity contribution in [1.82, 2.24) is 10.3 Å². The lowest BCUT2D eigenvalue weighted by molar-refractivity contribution is -0.138. The van der Waals surface area contributed by atoms with E-state index in [1.165, 1.54) is 36.8 Å². The second-order valence-electron chi connectivity index (χ2n) is 8.10. The molecule has 0 spiro atoms. The van der Waals surface area contributed by atoms with E-state index in [0.717, 1.165) is 6.07 Å². The van der Waals surface area contributed by atoms with Crippen molar-refractivity contribution in [2.75, 3.05) is 26.0 Å². The van der Waals surface area contributed by atoms with E-state index in [4.69, 9.17) is 29.8 Å². The number of hydrogen-bond acceptors (Lipinski definition) is 9. The fraction of sp³-hybridized carbons (Fsp3) is 0.231. The van der Waals surface area contributed by atoms with Gasteiger partial charge in [-0.25, -0.2) is 9.78 Å². The monoisotopic (exact) mass is 563 g/mol. The Morgan fingerprint density at radius 1 is 1.10 bits per heavy atom. The van der Waals surface area contributed by atoms with Gasteiger partial charge in [0.25, 0.3) is 0 Å². The molecule has 0 saturated heterocycles. The van der Waals surface area contributed by atoms with E-state index in [-0.39, 0.29) is 43.7 Å². The van der Waals surface area contributed by atoms with E-state index >= 15 is 0 Å². The lowest BCUT2D eigenvalue weighted by Gasteiger charge is -2.14. The topological polar surface area (TPSA) is 125 Å². The molecule has 0 unspecified atom stereocenters. The van der Waals surface area contributed by atoms with Crippen molar-refractivity contribution in [2.45, 2.75) is 19.4 Å². The summed E-state index contributed by atoms with van der Waals surface area (Å²) in [6.07, 6.45) is -3.94. The van der Waals surface area contributed by atoms with E-state index in [1.807, 2.05) is 5.38 Å². The van der Waals surface area contributed by atoms with Crippen LogP contribution in [-0.2, 0) is 19.4 Å². The number of amides is 1. The Hall–Kier alpha value is -4.23. The number of hydrogen-bond donors (Lipinski definition) is 3. The number of nitrogens with zero attached hydrogens (tertiary/aromatic N) is 1. The maximum absolute atomic E-state index is 13.3. The molecule has 206 valence electrons. The summed E-state index contributed by atoms with van der Waals surface area (Å²) in [5.41, 5.74) is 6.24. The number of aliphatic hydroxyl groups excluding tert-OH is 1. The predicted octanol–water partition coefficient (Wildman–Crippen LogP) is 5.14. The van der Waals surface area contributed by atoms with Crippen LogP contribution >= 0.6 is 11.3 Å². The molecule has 0 fully saturated rings. The van der Waals surface area contributed by atoms with Gasteiger partial charge in [-0.05, 0) is 35.2 Å². The summed E-state index contributed by atoms with van der Waals surface area (Å²) >= 11 is 1.30. The Kier molecular flexibility index (Phi) is 8.62. The highest BCUT2D eigenvalue weighted by atomic mass is 32.1. The lowest BCUT2D eigenvalue weighted by Crippen LogP contribution is -2.29. The average Bonchev–Trinajstić information content (AvgIpc) is 3.36. The van der Waals surface area contributed by atoms with Crippen molar-refractivity contribution in [3.8, 4) is 23.0 Å². The number of benzene rings is 2. The number of rotatable bonds is 10. The first-order valence-corrected chi connectivity index (χ1v) is 12.4. The number of nitrogens with one attached hydrogen (secondary N) is 1. The normalized spacial score (nSPS) is 11.3. The summed E-state index contributed by atoms with van der Waals surface area (Å²) in [5.74, 6) is 1.05. The smallest absolute Gasteiger partial charge is 0.419 e. The number of alkyl halides is 3. The standard InChI is InChI=1S/C26H24F3N3O6S/c1-35-20-6-5-15(9-19(20)26(27,28)29)12-36-17-3-2-4-18(10-17)37-13-16-14-39-23-21(11-32-24(30)22(16)23)38-25(34)31-7-8-33/h2-6,9-11,14,33H,7-8,12-13H2,1H3,(H2,30,32)(H,31,34).